The summed E-state index contributed by atoms with van der Waals surface area (Å²) in [6.45, 7) is 14.1. The Bertz CT molecular complexity index is 206. The molecule has 1 saturated heterocycles. The molecule has 1 aliphatic rings. The Morgan fingerprint density at radius 2 is 2.11 bits per heavy atom. The van der Waals surface area contributed by atoms with Crippen LogP contribution in [0.4, 0.5) is 0 Å². The van der Waals surface area contributed by atoms with E-state index in [2.05, 4.69) is 42.9 Å². The van der Waals surface area contributed by atoms with Gasteiger partial charge in [0.2, 0.25) is 0 Å². The Hall–Kier alpha value is -0.120. The van der Waals surface area contributed by atoms with E-state index in [-0.39, 0.29) is 0 Å². The Kier molecular flexibility index (Phi) is 7.87. The van der Waals surface area contributed by atoms with Gasteiger partial charge in [0.15, 0.2) is 0 Å². The summed E-state index contributed by atoms with van der Waals surface area (Å²) in [7, 11) is 2.26. The minimum atomic E-state index is 0.802. The predicted molar refractivity (Wildman–Crippen MR) is 80.1 cm³/mol. The quantitative estimate of drug-likeness (QED) is 0.636. The molecule has 1 unspecified atom stereocenters. The van der Waals surface area contributed by atoms with Crippen LogP contribution in [0.1, 0.15) is 40.0 Å². The number of hydrogen-bond donors (Lipinski definition) is 1. The van der Waals surface area contributed by atoms with Crippen molar-refractivity contribution in [3.05, 3.63) is 0 Å². The molecule has 0 aromatic carbocycles. The summed E-state index contributed by atoms with van der Waals surface area (Å²) in [5.41, 5.74) is 0. The topological polar surface area (TPSA) is 18.5 Å². The standard InChI is InChI=1S/C15H33N3/c1-5-18-11-6-7-15(18)13-17(4)12-10-16-9-8-14(2)3/h14-16H,5-13H2,1-4H3. The van der Waals surface area contributed by atoms with Gasteiger partial charge in [-0.05, 0) is 51.9 Å². The number of nitrogens with one attached hydrogen (secondary N) is 1. The fourth-order valence-corrected chi connectivity index (χ4v) is 2.75. The number of rotatable bonds is 9. The van der Waals surface area contributed by atoms with E-state index >= 15 is 0 Å². The summed E-state index contributed by atoms with van der Waals surface area (Å²) < 4.78 is 0. The minimum absolute atomic E-state index is 0.802. The van der Waals surface area contributed by atoms with Crippen molar-refractivity contribution in [1.82, 2.24) is 15.1 Å². The molecule has 0 radical (unpaired) electrons. The van der Waals surface area contributed by atoms with Gasteiger partial charge in [0.05, 0.1) is 0 Å². The lowest BCUT2D eigenvalue weighted by molar-refractivity contribution is 0.199. The van der Waals surface area contributed by atoms with Crippen molar-refractivity contribution in [3.63, 3.8) is 0 Å². The zero-order valence-corrected chi connectivity index (χ0v) is 12.9. The fraction of sp³-hybridized carbons (Fsp3) is 1.00. The molecule has 1 fully saturated rings. The molecular formula is C15H33N3. The third kappa shape index (κ3) is 6.17. The molecule has 0 aromatic rings. The molecule has 0 aromatic heterocycles. The van der Waals surface area contributed by atoms with Crippen LogP contribution < -0.4 is 5.32 Å². The lowest BCUT2D eigenvalue weighted by Crippen LogP contribution is -2.40. The molecule has 0 bridgehead atoms. The largest absolute Gasteiger partial charge is 0.315 e. The highest BCUT2D eigenvalue weighted by Gasteiger charge is 2.23. The van der Waals surface area contributed by atoms with Gasteiger partial charge in [-0.3, -0.25) is 4.90 Å². The van der Waals surface area contributed by atoms with Gasteiger partial charge < -0.3 is 10.2 Å². The Labute approximate surface area is 114 Å². The van der Waals surface area contributed by atoms with Crippen LogP contribution in [0.2, 0.25) is 0 Å². The SMILES string of the molecule is CCN1CCCC1CN(C)CCNCCC(C)C. The van der Waals surface area contributed by atoms with Gasteiger partial charge in [0.25, 0.3) is 0 Å². The van der Waals surface area contributed by atoms with Crippen LogP contribution >= 0.6 is 0 Å². The summed E-state index contributed by atoms with van der Waals surface area (Å²) >= 11 is 0. The fourth-order valence-electron chi connectivity index (χ4n) is 2.75. The van der Waals surface area contributed by atoms with Crippen LogP contribution in [-0.2, 0) is 0 Å². The zero-order chi connectivity index (χ0) is 13.4. The van der Waals surface area contributed by atoms with Gasteiger partial charge in [0, 0.05) is 25.7 Å². The van der Waals surface area contributed by atoms with E-state index in [4.69, 9.17) is 0 Å². The second kappa shape index (κ2) is 8.89. The Morgan fingerprint density at radius 3 is 2.78 bits per heavy atom. The van der Waals surface area contributed by atoms with Crippen molar-refractivity contribution in [3.8, 4) is 0 Å². The number of likely N-dealkylation sites (N-methyl/N-ethyl adjacent to an activating group) is 2. The van der Waals surface area contributed by atoms with E-state index in [1.165, 1.54) is 45.4 Å². The molecule has 18 heavy (non-hydrogen) atoms. The third-order valence-corrected chi connectivity index (χ3v) is 4.00. The summed E-state index contributed by atoms with van der Waals surface area (Å²) in [6, 6.07) is 0.802. The van der Waals surface area contributed by atoms with Crippen molar-refractivity contribution < 1.29 is 0 Å². The molecule has 108 valence electrons. The van der Waals surface area contributed by atoms with Gasteiger partial charge in [-0.2, -0.15) is 0 Å². The molecule has 3 nitrogen and oxygen atoms in total. The molecule has 0 aliphatic carbocycles. The maximum absolute atomic E-state index is 3.54. The molecule has 0 amide bonds. The first kappa shape index (κ1) is 15.9. The lowest BCUT2D eigenvalue weighted by Gasteiger charge is -2.27. The number of nitrogens with zero attached hydrogens (tertiary/aromatic N) is 2. The van der Waals surface area contributed by atoms with E-state index in [9.17, 15) is 0 Å². The summed E-state index contributed by atoms with van der Waals surface area (Å²) in [4.78, 5) is 5.11. The second-order valence-corrected chi connectivity index (χ2v) is 6.12. The Balaban J connectivity index is 2.04. The minimum Gasteiger partial charge on any atom is -0.315 e. The highest BCUT2D eigenvalue weighted by Crippen LogP contribution is 2.16. The average Bonchev–Trinajstić information content (AvgIpc) is 2.75. The Morgan fingerprint density at radius 1 is 1.33 bits per heavy atom. The highest BCUT2D eigenvalue weighted by atomic mass is 15.2. The summed E-state index contributed by atoms with van der Waals surface area (Å²) in [5.74, 6) is 0.812. The monoisotopic (exact) mass is 255 g/mol. The molecule has 0 saturated carbocycles. The summed E-state index contributed by atoms with van der Waals surface area (Å²) in [6.07, 6.45) is 4.06. The molecule has 1 N–H and O–H groups in total. The molecule has 1 aliphatic heterocycles. The predicted octanol–water partition coefficient (Wildman–Crippen LogP) is 2.04. The molecular weight excluding hydrogens is 222 g/mol. The lowest BCUT2D eigenvalue weighted by atomic mass is 10.1. The smallest absolute Gasteiger partial charge is 0.0223 e. The van der Waals surface area contributed by atoms with Crippen molar-refractivity contribution in [1.29, 1.82) is 0 Å². The molecule has 1 heterocycles. The first-order valence-electron chi connectivity index (χ1n) is 7.76. The van der Waals surface area contributed by atoms with Crippen molar-refractivity contribution in [2.75, 3.05) is 46.3 Å². The van der Waals surface area contributed by atoms with Crippen LogP contribution in [0, 0.1) is 5.92 Å². The average molecular weight is 255 g/mol. The maximum atomic E-state index is 3.54. The highest BCUT2D eigenvalue weighted by molar-refractivity contribution is 4.80. The molecule has 3 heteroatoms. The van der Waals surface area contributed by atoms with Gasteiger partial charge in [0.1, 0.15) is 0 Å². The molecule has 1 atom stereocenters. The van der Waals surface area contributed by atoms with E-state index in [0.717, 1.165) is 25.0 Å². The third-order valence-electron chi connectivity index (χ3n) is 4.00. The van der Waals surface area contributed by atoms with Crippen molar-refractivity contribution >= 4 is 0 Å². The van der Waals surface area contributed by atoms with Crippen molar-refractivity contribution in [2.24, 2.45) is 5.92 Å². The summed E-state index contributed by atoms with van der Waals surface area (Å²) in [5, 5.41) is 3.54. The van der Waals surface area contributed by atoms with Gasteiger partial charge in [-0.15, -0.1) is 0 Å². The number of hydrogen-bond acceptors (Lipinski definition) is 3. The maximum Gasteiger partial charge on any atom is 0.0223 e. The van der Waals surface area contributed by atoms with Gasteiger partial charge in [-0.25, -0.2) is 0 Å². The molecule has 0 spiro atoms. The number of likely N-dealkylation sites (tertiary alicyclic amines) is 1. The van der Waals surface area contributed by atoms with Crippen LogP contribution in [0.25, 0.3) is 0 Å². The van der Waals surface area contributed by atoms with Crippen LogP contribution in [0.5, 0.6) is 0 Å². The van der Waals surface area contributed by atoms with Crippen molar-refractivity contribution in [2.45, 2.75) is 46.1 Å². The van der Waals surface area contributed by atoms with Gasteiger partial charge >= 0.3 is 0 Å². The van der Waals surface area contributed by atoms with E-state index in [1.54, 1.807) is 0 Å². The van der Waals surface area contributed by atoms with Crippen LogP contribution in [0.15, 0.2) is 0 Å². The first-order chi connectivity index (χ1) is 8.63. The van der Waals surface area contributed by atoms with Crippen LogP contribution in [0.3, 0.4) is 0 Å². The normalized spacial score (nSPS) is 21.3. The second-order valence-electron chi connectivity index (χ2n) is 6.12. The van der Waals surface area contributed by atoms with E-state index in [1.807, 2.05) is 0 Å². The van der Waals surface area contributed by atoms with Gasteiger partial charge in [-0.1, -0.05) is 20.8 Å². The zero-order valence-electron chi connectivity index (χ0n) is 12.9. The van der Waals surface area contributed by atoms with E-state index in [0.29, 0.717) is 0 Å². The van der Waals surface area contributed by atoms with Crippen LogP contribution in [-0.4, -0.2) is 62.2 Å². The van der Waals surface area contributed by atoms with E-state index < -0.39 is 0 Å². The first-order valence-corrected chi connectivity index (χ1v) is 7.76. The molecule has 1 rings (SSSR count).